The Morgan fingerprint density at radius 1 is 0.966 bits per heavy atom. The summed E-state index contributed by atoms with van der Waals surface area (Å²) < 4.78 is 6.96. The third-order valence-electron chi connectivity index (χ3n) is 4.61. The first-order chi connectivity index (χ1) is 14.1. The topological polar surface area (TPSA) is 59.8 Å². The Bertz CT molecular complexity index is 1210. The molecule has 0 saturated carbocycles. The van der Waals surface area contributed by atoms with Gasteiger partial charge in [0.15, 0.2) is 0 Å². The van der Waals surface area contributed by atoms with E-state index in [0.29, 0.717) is 22.0 Å². The van der Waals surface area contributed by atoms with Gasteiger partial charge in [-0.2, -0.15) is 0 Å². The zero-order valence-electron chi connectivity index (χ0n) is 15.6. The maximum atomic E-state index is 13.2. The van der Waals surface area contributed by atoms with Crippen LogP contribution in [0, 0.1) is 0 Å². The summed E-state index contributed by atoms with van der Waals surface area (Å²) in [5.41, 5.74) is 2.99. The van der Waals surface area contributed by atoms with Crippen LogP contribution in [0.1, 0.15) is 10.5 Å². The average molecular weight is 405 g/mol. The molecule has 144 valence electrons. The van der Waals surface area contributed by atoms with Gasteiger partial charge in [0, 0.05) is 22.3 Å². The van der Waals surface area contributed by atoms with Crippen molar-refractivity contribution in [2.24, 2.45) is 0 Å². The van der Waals surface area contributed by atoms with E-state index in [2.05, 4.69) is 5.32 Å². The maximum Gasteiger partial charge on any atom is 0.298 e. The highest BCUT2D eigenvalue weighted by atomic mass is 35.5. The summed E-state index contributed by atoms with van der Waals surface area (Å²) in [4.78, 5) is 26.0. The molecule has 0 bridgehead atoms. The molecule has 29 heavy (non-hydrogen) atoms. The molecule has 2 aromatic heterocycles. The van der Waals surface area contributed by atoms with Crippen molar-refractivity contribution >= 4 is 34.5 Å². The van der Waals surface area contributed by atoms with Crippen molar-refractivity contribution < 1.29 is 14.3 Å². The molecule has 0 spiro atoms. The van der Waals surface area contributed by atoms with Crippen LogP contribution in [0.3, 0.4) is 0 Å². The van der Waals surface area contributed by atoms with Crippen LogP contribution in [0.15, 0.2) is 79.0 Å². The highest BCUT2D eigenvalue weighted by Gasteiger charge is 2.25. The number of para-hydroxylation sites is 2. The molecule has 1 N–H and O–H groups in total. The zero-order valence-corrected chi connectivity index (χ0v) is 16.3. The second-order valence-corrected chi connectivity index (χ2v) is 6.83. The van der Waals surface area contributed by atoms with Crippen molar-refractivity contribution in [3.63, 3.8) is 0 Å². The monoisotopic (exact) mass is 404 g/mol. The number of anilines is 1. The number of nitrogens with one attached hydrogen (secondary N) is 1. The third-order valence-corrected chi connectivity index (χ3v) is 4.86. The molecule has 4 aromatic rings. The van der Waals surface area contributed by atoms with Crippen LogP contribution >= 0.6 is 11.6 Å². The average Bonchev–Trinajstić information content (AvgIpc) is 3.13. The fourth-order valence-electron chi connectivity index (χ4n) is 3.24. The van der Waals surface area contributed by atoms with Crippen molar-refractivity contribution in [1.82, 2.24) is 4.40 Å². The molecular weight excluding hydrogens is 388 g/mol. The summed E-state index contributed by atoms with van der Waals surface area (Å²) in [7, 11) is 1.51. The van der Waals surface area contributed by atoms with Crippen LogP contribution in [-0.2, 0) is 4.79 Å². The number of halogens is 1. The second kappa shape index (κ2) is 7.81. The van der Waals surface area contributed by atoms with Gasteiger partial charge in [-0.05, 0) is 48.0 Å². The first-order valence-electron chi connectivity index (χ1n) is 8.93. The molecule has 2 aromatic carbocycles. The summed E-state index contributed by atoms with van der Waals surface area (Å²) in [5.74, 6) is -0.910. The summed E-state index contributed by atoms with van der Waals surface area (Å²) in [6.45, 7) is 0. The van der Waals surface area contributed by atoms with Crippen LogP contribution in [-0.4, -0.2) is 23.2 Å². The largest absolute Gasteiger partial charge is 0.495 e. The van der Waals surface area contributed by atoms with E-state index in [1.54, 1.807) is 47.0 Å². The Kier molecular flexibility index (Phi) is 5.06. The van der Waals surface area contributed by atoms with Crippen molar-refractivity contribution in [1.29, 1.82) is 0 Å². The second-order valence-electron chi connectivity index (χ2n) is 6.39. The number of pyridine rings is 1. The molecule has 6 heteroatoms. The molecule has 0 atom stereocenters. The lowest BCUT2D eigenvalue weighted by molar-refractivity contribution is -0.112. The van der Waals surface area contributed by atoms with E-state index in [-0.39, 0.29) is 5.69 Å². The van der Waals surface area contributed by atoms with Gasteiger partial charge >= 0.3 is 0 Å². The number of aromatic nitrogens is 1. The summed E-state index contributed by atoms with van der Waals surface area (Å²) in [6.07, 6.45) is 1.76. The SMILES string of the molecule is COc1ccccc1NC(=O)C(=O)c1c(-c2ccc(Cl)cc2)cc2ccccn12. The molecule has 0 aliphatic heterocycles. The number of benzene rings is 2. The van der Waals surface area contributed by atoms with Crippen molar-refractivity contribution in [2.75, 3.05) is 12.4 Å². The van der Waals surface area contributed by atoms with Crippen LogP contribution in [0.5, 0.6) is 5.75 Å². The number of carbonyl (C=O) groups excluding carboxylic acids is 2. The molecule has 1 amide bonds. The number of hydrogen-bond donors (Lipinski definition) is 1. The highest BCUT2D eigenvalue weighted by Crippen LogP contribution is 2.30. The lowest BCUT2D eigenvalue weighted by atomic mass is 10.0. The molecule has 0 unspecified atom stereocenters. The Morgan fingerprint density at radius 2 is 1.69 bits per heavy atom. The quantitative estimate of drug-likeness (QED) is 0.372. The Morgan fingerprint density at radius 3 is 2.45 bits per heavy atom. The van der Waals surface area contributed by atoms with Gasteiger partial charge < -0.3 is 14.5 Å². The molecule has 0 aliphatic carbocycles. The fourth-order valence-corrected chi connectivity index (χ4v) is 3.37. The third kappa shape index (κ3) is 3.60. The van der Waals surface area contributed by atoms with Gasteiger partial charge in [-0.25, -0.2) is 0 Å². The van der Waals surface area contributed by atoms with Crippen molar-refractivity contribution in [3.05, 3.63) is 89.7 Å². The number of methoxy groups -OCH3 is 1. The Balaban J connectivity index is 1.78. The van der Waals surface area contributed by atoms with Crippen LogP contribution in [0.25, 0.3) is 16.6 Å². The molecule has 4 rings (SSSR count). The molecular formula is C23H17ClN2O3. The number of nitrogens with zero attached hydrogens (tertiary/aromatic N) is 1. The van der Waals surface area contributed by atoms with Crippen LogP contribution in [0.4, 0.5) is 5.69 Å². The Labute approximate surface area is 172 Å². The normalized spacial score (nSPS) is 10.7. The number of carbonyl (C=O) groups is 2. The van der Waals surface area contributed by atoms with Gasteiger partial charge in [0.1, 0.15) is 11.4 Å². The van der Waals surface area contributed by atoms with E-state index in [4.69, 9.17) is 16.3 Å². The molecule has 2 heterocycles. The number of ether oxygens (including phenoxy) is 1. The number of fused-ring (bicyclic) bond motifs is 1. The van der Waals surface area contributed by atoms with E-state index < -0.39 is 11.7 Å². The fraction of sp³-hybridized carbons (Fsp3) is 0.0435. The summed E-state index contributed by atoms with van der Waals surface area (Å²) >= 11 is 6.00. The molecule has 0 radical (unpaired) electrons. The predicted octanol–water partition coefficient (Wildman–Crippen LogP) is 5.09. The first-order valence-corrected chi connectivity index (χ1v) is 9.31. The van der Waals surface area contributed by atoms with Gasteiger partial charge in [-0.3, -0.25) is 9.59 Å². The number of hydrogen-bond acceptors (Lipinski definition) is 3. The standard InChI is InChI=1S/C23H17ClN2O3/c1-29-20-8-3-2-7-19(20)25-23(28)22(27)21-18(15-9-11-16(24)12-10-15)14-17-6-4-5-13-26(17)21/h2-14H,1H3,(H,25,28). The predicted molar refractivity (Wildman–Crippen MR) is 114 cm³/mol. The van der Waals surface area contributed by atoms with Gasteiger partial charge in [-0.1, -0.05) is 41.9 Å². The van der Waals surface area contributed by atoms with Gasteiger partial charge in [-0.15, -0.1) is 0 Å². The van der Waals surface area contributed by atoms with Gasteiger partial charge in [0.25, 0.3) is 11.7 Å². The molecule has 5 nitrogen and oxygen atoms in total. The molecule has 0 saturated heterocycles. The summed E-state index contributed by atoms with van der Waals surface area (Å²) in [5, 5.41) is 3.25. The number of rotatable bonds is 5. The maximum absolute atomic E-state index is 13.2. The number of ketones is 1. The van der Waals surface area contributed by atoms with E-state index >= 15 is 0 Å². The van der Waals surface area contributed by atoms with Gasteiger partial charge in [0.05, 0.1) is 12.8 Å². The lowest BCUT2D eigenvalue weighted by Crippen LogP contribution is -2.24. The van der Waals surface area contributed by atoms with Crippen LogP contribution < -0.4 is 10.1 Å². The van der Waals surface area contributed by atoms with Crippen molar-refractivity contribution in [3.8, 4) is 16.9 Å². The van der Waals surface area contributed by atoms with Crippen LogP contribution in [0.2, 0.25) is 5.02 Å². The number of Topliss-reactive ketones (excluding diaryl/α,β-unsaturated/α-hetero) is 1. The summed E-state index contributed by atoms with van der Waals surface area (Å²) in [6, 6.07) is 21.6. The lowest BCUT2D eigenvalue weighted by Gasteiger charge is -2.10. The van der Waals surface area contributed by atoms with E-state index in [1.807, 2.05) is 36.4 Å². The van der Waals surface area contributed by atoms with E-state index in [1.165, 1.54) is 7.11 Å². The van der Waals surface area contributed by atoms with Gasteiger partial charge in [0.2, 0.25) is 0 Å². The zero-order chi connectivity index (χ0) is 20.4. The van der Waals surface area contributed by atoms with Crippen molar-refractivity contribution in [2.45, 2.75) is 0 Å². The Hall–Kier alpha value is -3.57. The first kappa shape index (κ1) is 18.8. The highest BCUT2D eigenvalue weighted by molar-refractivity contribution is 6.47. The number of amides is 1. The smallest absolute Gasteiger partial charge is 0.298 e. The minimum Gasteiger partial charge on any atom is -0.495 e. The minimum atomic E-state index is -0.742. The molecule has 0 aliphatic rings. The molecule has 0 fully saturated rings. The van der Waals surface area contributed by atoms with E-state index in [9.17, 15) is 9.59 Å². The minimum absolute atomic E-state index is 0.287. The van der Waals surface area contributed by atoms with E-state index in [0.717, 1.165) is 11.1 Å².